The summed E-state index contributed by atoms with van der Waals surface area (Å²) in [6.07, 6.45) is -1.50. The Balaban J connectivity index is 1.61. The van der Waals surface area contributed by atoms with Gasteiger partial charge in [-0.15, -0.1) is 0 Å². The zero-order valence-electron chi connectivity index (χ0n) is 28.1. The van der Waals surface area contributed by atoms with Gasteiger partial charge in [-0.2, -0.15) is 0 Å². The molecule has 46 heavy (non-hydrogen) atoms. The topological polar surface area (TPSA) is 91.3 Å². The van der Waals surface area contributed by atoms with E-state index in [1.807, 2.05) is 36.4 Å². The minimum atomic E-state index is -0.759. The van der Waals surface area contributed by atoms with Gasteiger partial charge in [0.15, 0.2) is 0 Å². The smallest absolute Gasteiger partial charge is 0.508 e. The lowest BCUT2D eigenvalue weighted by atomic mass is 9.70. The van der Waals surface area contributed by atoms with E-state index in [0.717, 1.165) is 27.8 Å². The number of hydrogen-bond donors (Lipinski definition) is 1. The Bertz CT molecular complexity index is 1640. The molecule has 0 heterocycles. The molecule has 0 saturated heterocycles. The number of phenols is 1. The highest BCUT2D eigenvalue weighted by molar-refractivity contribution is 5.65. The summed E-state index contributed by atoms with van der Waals surface area (Å²) in [6.45, 7) is 17.1. The van der Waals surface area contributed by atoms with Crippen LogP contribution in [0.1, 0.15) is 90.1 Å². The second-order valence-corrected chi connectivity index (χ2v) is 14.1. The Morgan fingerprint density at radius 3 is 1.09 bits per heavy atom. The molecule has 0 radical (unpaired) electrons. The summed E-state index contributed by atoms with van der Waals surface area (Å²) in [5, 5.41) is 10.0. The lowest BCUT2D eigenvalue weighted by Crippen LogP contribution is -2.27. The van der Waals surface area contributed by atoms with Gasteiger partial charge in [0.2, 0.25) is 0 Å². The number of hydrogen-bond acceptors (Lipinski definition) is 7. The fraction of sp³-hybridized carbons (Fsp3) is 0.333. The third-order valence-electron chi connectivity index (χ3n) is 7.82. The third-order valence-corrected chi connectivity index (χ3v) is 7.82. The SMILES string of the molecule is CC(C)(C)OC(=O)Oc1ccc(C(C)(C)c2ccc(C(C)(c3ccc(O)cc3)c3ccc(OC(=O)OC(C)(C)C)cc3)cc2)cc1. The molecular formula is C39H44O7. The standard InChI is InChI=1S/C39H44O7/c1-36(2,3)45-34(41)43-32-22-16-27(17-23-32)38(7,8)26-10-12-28(13-11-26)39(9,29-14-20-31(40)21-15-29)30-18-24-33(25-19-30)44-35(42)46-37(4,5)6/h10-25,40H,1-9H3. The van der Waals surface area contributed by atoms with Crippen LogP contribution in [0.15, 0.2) is 97.1 Å². The van der Waals surface area contributed by atoms with Crippen molar-refractivity contribution in [3.63, 3.8) is 0 Å². The first-order chi connectivity index (χ1) is 21.4. The van der Waals surface area contributed by atoms with Gasteiger partial charge >= 0.3 is 12.3 Å². The first kappa shape index (κ1) is 34.1. The summed E-state index contributed by atoms with van der Waals surface area (Å²) < 4.78 is 21.3. The van der Waals surface area contributed by atoms with E-state index >= 15 is 0 Å². The summed E-state index contributed by atoms with van der Waals surface area (Å²) in [5.41, 5.74) is 2.92. The molecule has 1 unspecified atom stereocenters. The van der Waals surface area contributed by atoms with E-state index < -0.39 is 28.9 Å². The number of carbonyl (C=O) groups is 2. The van der Waals surface area contributed by atoms with E-state index in [9.17, 15) is 14.7 Å². The van der Waals surface area contributed by atoms with Gasteiger partial charge in [-0.3, -0.25) is 0 Å². The van der Waals surface area contributed by atoms with Crippen LogP contribution in [0.5, 0.6) is 17.2 Å². The van der Waals surface area contributed by atoms with Crippen molar-refractivity contribution in [2.24, 2.45) is 0 Å². The maximum Gasteiger partial charge on any atom is 0.514 e. The third kappa shape index (κ3) is 8.27. The summed E-state index contributed by atoms with van der Waals surface area (Å²) in [7, 11) is 0. The van der Waals surface area contributed by atoms with Gasteiger partial charge in [0.25, 0.3) is 0 Å². The monoisotopic (exact) mass is 624 g/mol. The van der Waals surface area contributed by atoms with Gasteiger partial charge in [0.05, 0.1) is 0 Å². The van der Waals surface area contributed by atoms with Crippen molar-refractivity contribution in [3.8, 4) is 17.2 Å². The average molecular weight is 625 g/mol. The predicted octanol–water partition coefficient (Wildman–Crippen LogP) is 9.70. The van der Waals surface area contributed by atoms with Gasteiger partial charge in [0, 0.05) is 10.8 Å². The maximum absolute atomic E-state index is 12.2. The predicted molar refractivity (Wildman–Crippen MR) is 179 cm³/mol. The number of benzene rings is 4. The van der Waals surface area contributed by atoms with E-state index in [1.165, 1.54) is 0 Å². The van der Waals surface area contributed by atoms with E-state index in [-0.39, 0.29) is 11.2 Å². The molecular weight excluding hydrogens is 580 g/mol. The molecule has 242 valence electrons. The van der Waals surface area contributed by atoms with Gasteiger partial charge in [0.1, 0.15) is 28.5 Å². The molecule has 0 aliphatic heterocycles. The molecule has 0 bridgehead atoms. The van der Waals surface area contributed by atoms with Gasteiger partial charge in [-0.05, 0) is 113 Å². The fourth-order valence-corrected chi connectivity index (χ4v) is 5.21. The highest BCUT2D eigenvalue weighted by Crippen LogP contribution is 2.41. The van der Waals surface area contributed by atoms with Crippen molar-refractivity contribution in [1.82, 2.24) is 0 Å². The largest absolute Gasteiger partial charge is 0.514 e. The van der Waals surface area contributed by atoms with Gasteiger partial charge in [-0.1, -0.05) is 74.5 Å². The van der Waals surface area contributed by atoms with Gasteiger partial charge in [-0.25, -0.2) is 9.59 Å². The zero-order chi connectivity index (χ0) is 33.9. The van der Waals surface area contributed by atoms with E-state index in [2.05, 4.69) is 45.0 Å². The molecule has 4 rings (SSSR count). The second kappa shape index (κ2) is 12.9. The second-order valence-electron chi connectivity index (χ2n) is 14.1. The molecule has 0 fully saturated rings. The lowest BCUT2D eigenvalue weighted by molar-refractivity contribution is 0.0193. The van der Waals surface area contributed by atoms with Crippen LogP contribution in [0.25, 0.3) is 0 Å². The summed E-state index contributed by atoms with van der Waals surface area (Å²) in [4.78, 5) is 24.3. The van der Waals surface area contributed by atoms with Crippen LogP contribution in [-0.4, -0.2) is 28.6 Å². The first-order valence-electron chi connectivity index (χ1n) is 15.3. The van der Waals surface area contributed by atoms with E-state index in [4.69, 9.17) is 18.9 Å². The number of aromatic hydroxyl groups is 1. The number of carbonyl (C=O) groups excluding carboxylic acids is 2. The van der Waals surface area contributed by atoms with Crippen molar-refractivity contribution in [3.05, 3.63) is 125 Å². The molecule has 0 amide bonds. The van der Waals surface area contributed by atoms with Crippen molar-refractivity contribution >= 4 is 12.3 Å². The molecule has 4 aromatic carbocycles. The first-order valence-corrected chi connectivity index (χ1v) is 15.3. The fourth-order valence-electron chi connectivity index (χ4n) is 5.21. The normalized spacial score (nSPS) is 13.3. The number of rotatable bonds is 7. The minimum absolute atomic E-state index is 0.187. The lowest BCUT2D eigenvalue weighted by Gasteiger charge is -2.33. The molecule has 1 N–H and O–H groups in total. The summed E-state index contributed by atoms with van der Waals surface area (Å²) >= 11 is 0. The van der Waals surface area contributed by atoms with Crippen LogP contribution < -0.4 is 9.47 Å². The van der Waals surface area contributed by atoms with Crippen LogP contribution in [0.2, 0.25) is 0 Å². The van der Waals surface area contributed by atoms with Crippen molar-refractivity contribution < 1.29 is 33.6 Å². The number of phenolic OH excluding ortho intramolecular Hbond substituents is 1. The molecule has 1 atom stereocenters. The van der Waals surface area contributed by atoms with E-state index in [0.29, 0.717) is 11.5 Å². The molecule has 0 spiro atoms. The van der Waals surface area contributed by atoms with Gasteiger partial charge < -0.3 is 24.1 Å². The van der Waals surface area contributed by atoms with Crippen LogP contribution in [0, 0.1) is 0 Å². The van der Waals surface area contributed by atoms with Crippen LogP contribution >= 0.6 is 0 Å². The summed E-state index contributed by atoms with van der Waals surface area (Å²) in [6, 6.07) is 30.5. The highest BCUT2D eigenvalue weighted by Gasteiger charge is 2.33. The Kier molecular flexibility index (Phi) is 9.57. The van der Waals surface area contributed by atoms with Crippen molar-refractivity contribution in [2.45, 2.75) is 84.3 Å². The molecule has 0 aliphatic rings. The average Bonchev–Trinajstić information content (AvgIpc) is 2.96. The Morgan fingerprint density at radius 2 is 0.739 bits per heavy atom. The molecule has 0 aromatic heterocycles. The zero-order valence-corrected chi connectivity index (χ0v) is 28.1. The Morgan fingerprint density at radius 1 is 0.457 bits per heavy atom. The van der Waals surface area contributed by atoms with E-state index in [1.54, 1.807) is 77.9 Å². The highest BCUT2D eigenvalue weighted by atomic mass is 16.7. The van der Waals surface area contributed by atoms with Crippen LogP contribution in [-0.2, 0) is 20.3 Å². The van der Waals surface area contributed by atoms with Crippen molar-refractivity contribution in [2.75, 3.05) is 0 Å². The molecule has 7 nitrogen and oxygen atoms in total. The minimum Gasteiger partial charge on any atom is -0.508 e. The molecule has 7 heteroatoms. The molecule has 4 aromatic rings. The maximum atomic E-state index is 12.2. The summed E-state index contributed by atoms with van der Waals surface area (Å²) in [5.74, 6) is 0.980. The Hall–Kier alpha value is -4.78. The molecule has 0 saturated carbocycles. The van der Waals surface area contributed by atoms with Crippen molar-refractivity contribution in [1.29, 1.82) is 0 Å². The molecule has 0 aliphatic carbocycles. The van der Waals surface area contributed by atoms with Crippen LogP contribution in [0.4, 0.5) is 9.59 Å². The van der Waals surface area contributed by atoms with Crippen LogP contribution in [0.3, 0.4) is 0 Å². The quantitative estimate of drug-likeness (QED) is 0.124. The number of ether oxygens (including phenoxy) is 4. The Labute approximate surface area is 272 Å².